The summed E-state index contributed by atoms with van der Waals surface area (Å²) in [4.78, 5) is 2.42. The van der Waals surface area contributed by atoms with Gasteiger partial charge in [0.05, 0.1) is 5.69 Å². The Hall–Kier alpha value is -6.64. The molecule has 0 bridgehead atoms. The summed E-state index contributed by atoms with van der Waals surface area (Å²) >= 11 is 0. The van der Waals surface area contributed by atoms with Crippen molar-refractivity contribution in [3.8, 4) is 44.5 Å². The van der Waals surface area contributed by atoms with Gasteiger partial charge in [-0.25, -0.2) is 0 Å². The lowest BCUT2D eigenvalue weighted by Crippen LogP contribution is -2.17. The van der Waals surface area contributed by atoms with Crippen LogP contribution in [0.3, 0.4) is 0 Å². The van der Waals surface area contributed by atoms with Crippen molar-refractivity contribution in [3.05, 3.63) is 199 Å². The Balaban J connectivity index is 1.22. The molecule has 2 nitrogen and oxygen atoms in total. The fourth-order valence-corrected chi connectivity index (χ4v) is 8.46. The highest BCUT2D eigenvalue weighted by atomic mass is 16.3. The summed E-state index contributed by atoms with van der Waals surface area (Å²) in [6.45, 7) is 4.70. The quantitative estimate of drug-likeness (QED) is 0.174. The molecule has 1 heterocycles. The summed E-state index contributed by atoms with van der Waals surface area (Å²) in [5.74, 6) is 0. The molecule has 0 aliphatic heterocycles. The van der Waals surface area contributed by atoms with E-state index in [9.17, 15) is 0 Å². The first-order chi connectivity index (χ1) is 26.0. The monoisotopic (exact) mass is 679 g/mol. The highest BCUT2D eigenvalue weighted by Gasteiger charge is 2.36. The van der Waals surface area contributed by atoms with Gasteiger partial charge >= 0.3 is 0 Å². The number of nitrogens with zero attached hydrogens (tertiary/aromatic N) is 1. The van der Waals surface area contributed by atoms with Crippen molar-refractivity contribution in [1.82, 2.24) is 0 Å². The second-order valence-electron chi connectivity index (χ2n) is 14.5. The molecule has 1 aliphatic rings. The van der Waals surface area contributed by atoms with Gasteiger partial charge in [0, 0.05) is 39.2 Å². The molecule has 9 aromatic rings. The highest BCUT2D eigenvalue weighted by Crippen LogP contribution is 2.52. The molecule has 0 radical (unpaired) electrons. The van der Waals surface area contributed by atoms with Gasteiger partial charge in [0.1, 0.15) is 11.2 Å². The molecule has 0 N–H and O–H groups in total. The third-order valence-corrected chi connectivity index (χ3v) is 11.1. The van der Waals surface area contributed by atoms with Crippen molar-refractivity contribution in [3.63, 3.8) is 0 Å². The maximum Gasteiger partial charge on any atom is 0.137 e. The normalized spacial score (nSPS) is 12.9. The Morgan fingerprint density at radius 3 is 1.72 bits per heavy atom. The maximum absolute atomic E-state index is 6.48. The molecular weight excluding hydrogens is 643 g/mol. The molecule has 252 valence electrons. The first-order valence-electron chi connectivity index (χ1n) is 18.3. The zero-order valence-electron chi connectivity index (χ0n) is 29.8. The van der Waals surface area contributed by atoms with Crippen molar-refractivity contribution < 1.29 is 4.42 Å². The zero-order valence-corrected chi connectivity index (χ0v) is 29.8. The van der Waals surface area contributed by atoms with Crippen LogP contribution < -0.4 is 4.90 Å². The van der Waals surface area contributed by atoms with Gasteiger partial charge in [0.25, 0.3) is 0 Å². The number of fused-ring (bicyclic) bond motifs is 6. The molecule has 0 amide bonds. The minimum atomic E-state index is -0.135. The third kappa shape index (κ3) is 5.10. The van der Waals surface area contributed by atoms with E-state index in [0.717, 1.165) is 50.1 Å². The first kappa shape index (κ1) is 31.1. The zero-order chi connectivity index (χ0) is 35.5. The summed E-state index contributed by atoms with van der Waals surface area (Å²) in [5, 5.41) is 2.25. The molecule has 0 saturated carbocycles. The predicted molar refractivity (Wildman–Crippen MR) is 222 cm³/mol. The third-order valence-electron chi connectivity index (χ3n) is 11.1. The van der Waals surface area contributed by atoms with Crippen LogP contribution in [0.5, 0.6) is 0 Å². The van der Waals surface area contributed by atoms with Crippen LogP contribution in [0.1, 0.15) is 25.0 Å². The van der Waals surface area contributed by atoms with E-state index in [2.05, 4.69) is 195 Å². The molecule has 0 atom stereocenters. The number of benzene rings is 8. The van der Waals surface area contributed by atoms with Crippen LogP contribution in [0.25, 0.3) is 66.4 Å². The topological polar surface area (TPSA) is 16.4 Å². The van der Waals surface area contributed by atoms with Crippen LogP contribution in [0.2, 0.25) is 0 Å². The Bertz CT molecular complexity index is 2810. The molecule has 0 fully saturated rings. The average Bonchev–Trinajstić information content (AvgIpc) is 3.70. The van der Waals surface area contributed by atoms with E-state index in [1.54, 1.807) is 0 Å². The lowest BCUT2D eigenvalue weighted by Gasteiger charge is -2.30. The van der Waals surface area contributed by atoms with Crippen molar-refractivity contribution in [2.45, 2.75) is 19.3 Å². The summed E-state index contributed by atoms with van der Waals surface area (Å²) in [5.41, 5.74) is 17.3. The summed E-state index contributed by atoms with van der Waals surface area (Å²) in [7, 11) is 0. The number of furan rings is 1. The second-order valence-corrected chi connectivity index (χ2v) is 14.5. The molecule has 1 aliphatic carbocycles. The fourth-order valence-electron chi connectivity index (χ4n) is 8.46. The van der Waals surface area contributed by atoms with E-state index in [0.29, 0.717) is 0 Å². The second kappa shape index (κ2) is 12.3. The molecule has 53 heavy (non-hydrogen) atoms. The lowest BCUT2D eigenvalue weighted by molar-refractivity contribution is 0.660. The molecule has 8 aromatic carbocycles. The Morgan fingerprint density at radius 1 is 0.377 bits per heavy atom. The molecule has 0 unspecified atom stereocenters. The smallest absolute Gasteiger partial charge is 0.137 e. The van der Waals surface area contributed by atoms with Gasteiger partial charge in [-0.05, 0) is 92.5 Å². The van der Waals surface area contributed by atoms with Crippen LogP contribution in [0.15, 0.2) is 192 Å². The molecular formula is C51H37NO. The number of rotatable bonds is 6. The minimum Gasteiger partial charge on any atom is -0.456 e. The molecule has 0 spiro atoms. The van der Waals surface area contributed by atoms with Gasteiger partial charge in [0.2, 0.25) is 0 Å². The van der Waals surface area contributed by atoms with Crippen LogP contribution in [-0.4, -0.2) is 0 Å². The van der Waals surface area contributed by atoms with Gasteiger partial charge in [-0.3, -0.25) is 0 Å². The van der Waals surface area contributed by atoms with E-state index < -0.39 is 0 Å². The largest absolute Gasteiger partial charge is 0.456 e. The van der Waals surface area contributed by atoms with Crippen LogP contribution in [0.4, 0.5) is 17.1 Å². The Kier molecular flexibility index (Phi) is 7.19. The number of anilines is 3. The van der Waals surface area contributed by atoms with E-state index in [4.69, 9.17) is 4.42 Å². The van der Waals surface area contributed by atoms with Gasteiger partial charge in [-0.1, -0.05) is 153 Å². The Morgan fingerprint density at radius 2 is 0.943 bits per heavy atom. The lowest BCUT2D eigenvalue weighted by atomic mass is 9.82. The van der Waals surface area contributed by atoms with E-state index in [-0.39, 0.29) is 5.41 Å². The highest BCUT2D eigenvalue weighted by molar-refractivity contribution is 6.06. The SMILES string of the molecule is CC1(C)c2ccccc2-c2ccc(N(c3ccc4c(c3)oc3ccccc34)c3ccc(-c4ccccc4-c4ccccc4)cc3-c3ccccc3)cc21. The number of hydrogen-bond acceptors (Lipinski definition) is 2. The molecule has 1 aromatic heterocycles. The van der Waals surface area contributed by atoms with Crippen molar-refractivity contribution in [1.29, 1.82) is 0 Å². The Labute approximate surface area is 310 Å². The van der Waals surface area contributed by atoms with Crippen molar-refractivity contribution in [2.75, 3.05) is 4.90 Å². The van der Waals surface area contributed by atoms with Crippen LogP contribution >= 0.6 is 0 Å². The van der Waals surface area contributed by atoms with Gasteiger partial charge in [-0.2, -0.15) is 0 Å². The summed E-state index contributed by atoms with van der Waals surface area (Å²) in [6.07, 6.45) is 0. The number of hydrogen-bond donors (Lipinski definition) is 0. The summed E-state index contributed by atoms with van der Waals surface area (Å²) in [6, 6.07) is 67.9. The van der Waals surface area contributed by atoms with Gasteiger partial charge < -0.3 is 9.32 Å². The number of para-hydroxylation sites is 1. The van der Waals surface area contributed by atoms with Crippen molar-refractivity contribution >= 4 is 39.0 Å². The van der Waals surface area contributed by atoms with E-state index in [1.807, 2.05) is 12.1 Å². The molecule has 10 rings (SSSR count). The van der Waals surface area contributed by atoms with Gasteiger partial charge in [-0.15, -0.1) is 0 Å². The van der Waals surface area contributed by atoms with Crippen molar-refractivity contribution in [2.24, 2.45) is 0 Å². The van der Waals surface area contributed by atoms with E-state index in [1.165, 1.54) is 44.5 Å². The van der Waals surface area contributed by atoms with Gasteiger partial charge in [0.15, 0.2) is 0 Å². The minimum absolute atomic E-state index is 0.135. The fraction of sp³-hybridized carbons (Fsp3) is 0.0588. The first-order valence-corrected chi connectivity index (χ1v) is 18.3. The standard InChI is InChI=1S/C51H37NO/c1-51(2)46-23-13-11-21-41(46)42-28-26-37(32-47(42)51)52(38-27-29-44-43-22-12-14-24-49(43)53-50(44)33-38)48-30-25-36(31-45(48)35-17-7-4-8-18-35)40-20-10-9-19-39(40)34-15-5-3-6-16-34/h3-33H,1-2H3. The van der Waals surface area contributed by atoms with E-state index >= 15 is 0 Å². The molecule has 0 saturated heterocycles. The predicted octanol–water partition coefficient (Wildman–Crippen LogP) is 14.4. The van der Waals surface area contributed by atoms with Crippen LogP contribution in [0, 0.1) is 0 Å². The maximum atomic E-state index is 6.48. The average molecular weight is 680 g/mol. The summed E-state index contributed by atoms with van der Waals surface area (Å²) < 4.78 is 6.48. The molecule has 2 heteroatoms. The van der Waals surface area contributed by atoms with Crippen LogP contribution in [-0.2, 0) is 5.41 Å².